The minimum atomic E-state index is -0.410. The Hall–Kier alpha value is -2.28. The van der Waals surface area contributed by atoms with Crippen LogP contribution in [0.15, 0.2) is 54.6 Å². The van der Waals surface area contributed by atoms with Crippen molar-refractivity contribution in [2.75, 3.05) is 6.54 Å². The summed E-state index contributed by atoms with van der Waals surface area (Å²) in [5.41, 5.74) is 2.11. The van der Waals surface area contributed by atoms with Gasteiger partial charge in [-0.15, -0.1) is 0 Å². The summed E-state index contributed by atoms with van der Waals surface area (Å²) in [6.07, 6.45) is 0. The lowest BCUT2D eigenvalue weighted by Gasteiger charge is -2.23. The van der Waals surface area contributed by atoms with Crippen LogP contribution < -0.4 is 5.32 Å². The molecule has 2 N–H and O–H groups in total. The van der Waals surface area contributed by atoms with E-state index in [0.717, 1.165) is 11.1 Å². The summed E-state index contributed by atoms with van der Waals surface area (Å²) in [6, 6.07) is 16.2. The smallest absolute Gasteiger partial charge is 0.269 e. The molecule has 0 spiro atoms. The third-order valence-corrected chi connectivity index (χ3v) is 3.61. The fourth-order valence-corrected chi connectivity index (χ4v) is 2.19. The first-order chi connectivity index (χ1) is 11.1. The average molecular weight is 315 g/mol. The quantitative estimate of drug-likeness (QED) is 0.578. The van der Waals surface area contributed by atoms with Crippen molar-refractivity contribution in [1.82, 2.24) is 10.4 Å². The van der Waals surface area contributed by atoms with E-state index in [1.807, 2.05) is 37.3 Å². The Kier molecular flexibility index (Phi) is 6.22. The topological polar surface area (TPSA) is 78.6 Å². The first kappa shape index (κ1) is 17.1. The molecular formula is C17H21N3O3. The molecule has 0 radical (unpaired) electrons. The Balaban J connectivity index is 1.75. The predicted molar refractivity (Wildman–Crippen MR) is 88.0 cm³/mol. The van der Waals surface area contributed by atoms with Crippen LogP contribution in [0.3, 0.4) is 0 Å². The lowest BCUT2D eigenvalue weighted by Crippen LogP contribution is -2.37. The van der Waals surface area contributed by atoms with Crippen LogP contribution in [-0.4, -0.2) is 27.8 Å². The number of rotatable bonds is 8. The van der Waals surface area contributed by atoms with Gasteiger partial charge < -0.3 is 10.5 Å². The Morgan fingerprint density at radius 2 is 1.78 bits per heavy atom. The molecule has 6 nitrogen and oxygen atoms in total. The minimum absolute atomic E-state index is 0.0479. The number of nitro benzene ring substituents is 1. The molecule has 0 bridgehead atoms. The molecule has 0 saturated carbocycles. The van der Waals surface area contributed by atoms with Gasteiger partial charge in [-0.3, -0.25) is 10.1 Å². The summed E-state index contributed by atoms with van der Waals surface area (Å²) >= 11 is 0. The third kappa shape index (κ3) is 5.45. The van der Waals surface area contributed by atoms with Crippen LogP contribution in [0.25, 0.3) is 0 Å². The van der Waals surface area contributed by atoms with Gasteiger partial charge in [0.2, 0.25) is 0 Å². The zero-order valence-electron chi connectivity index (χ0n) is 13.1. The van der Waals surface area contributed by atoms with Gasteiger partial charge >= 0.3 is 0 Å². The molecule has 0 saturated heterocycles. The maximum absolute atomic E-state index is 10.6. The van der Waals surface area contributed by atoms with Gasteiger partial charge in [0.25, 0.3) is 5.69 Å². The van der Waals surface area contributed by atoms with E-state index in [0.29, 0.717) is 19.6 Å². The number of non-ortho nitro benzene ring substituents is 1. The molecule has 6 heteroatoms. The van der Waals surface area contributed by atoms with Gasteiger partial charge in [-0.05, 0) is 18.1 Å². The highest BCUT2D eigenvalue weighted by Crippen LogP contribution is 2.11. The van der Waals surface area contributed by atoms with Crippen LogP contribution in [0, 0.1) is 10.1 Å². The number of nitrogens with zero attached hydrogens (tertiary/aromatic N) is 2. The molecule has 2 aromatic rings. The van der Waals surface area contributed by atoms with Crippen LogP contribution in [0.1, 0.15) is 18.1 Å². The first-order valence-electron chi connectivity index (χ1n) is 7.50. The maximum Gasteiger partial charge on any atom is 0.269 e. The molecular weight excluding hydrogens is 294 g/mol. The molecule has 0 fully saturated rings. The summed E-state index contributed by atoms with van der Waals surface area (Å²) in [4.78, 5) is 10.2. The van der Waals surface area contributed by atoms with Crippen molar-refractivity contribution in [2.24, 2.45) is 0 Å². The largest absolute Gasteiger partial charge is 0.313 e. The van der Waals surface area contributed by atoms with E-state index in [-0.39, 0.29) is 11.7 Å². The molecule has 2 rings (SSSR count). The van der Waals surface area contributed by atoms with Crippen LogP contribution in [0.4, 0.5) is 5.69 Å². The highest BCUT2D eigenvalue weighted by molar-refractivity contribution is 5.32. The molecule has 1 unspecified atom stereocenters. The second kappa shape index (κ2) is 8.38. The molecule has 0 aromatic heterocycles. The zero-order valence-corrected chi connectivity index (χ0v) is 13.1. The number of hydroxylamine groups is 2. The van der Waals surface area contributed by atoms with Gasteiger partial charge in [0.15, 0.2) is 0 Å². The molecule has 1 atom stereocenters. The summed E-state index contributed by atoms with van der Waals surface area (Å²) in [7, 11) is 0. The van der Waals surface area contributed by atoms with Crippen molar-refractivity contribution in [3.8, 4) is 0 Å². The van der Waals surface area contributed by atoms with Crippen molar-refractivity contribution in [2.45, 2.75) is 26.1 Å². The number of benzene rings is 2. The first-order valence-corrected chi connectivity index (χ1v) is 7.50. The standard InChI is InChI=1S/C17H21N3O3/c1-14(19(21)13-16-5-3-2-4-6-16)11-18-12-15-7-9-17(10-8-15)20(22)23/h2-10,14,18,21H,11-13H2,1H3. The van der Waals surface area contributed by atoms with E-state index < -0.39 is 4.92 Å². The lowest BCUT2D eigenvalue weighted by molar-refractivity contribution is -0.384. The molecule has 0 aliphatic carbocycles. The van der Waals surface area contributed by atoms with E-state index in [1.54, 1.807) is 12.1 Å². The van der Waals surface area contributed by atoms with Crippen LogP contribution >= 0.6 is 0 Å². The monoisotopic (exact) mass is 315 g/mol. The van der Waals surface area contributed by atoms with Crippen LogP contribution in [0.5, 0.6) is 0 Å². The van der Waals surface area contributed by atoms with Crippen molar-refractivity contribution in [1.29, 1.82) is 0 Å². The second-order valence-corrected chi connectivity index (χ2v) is 5.49. The van der Waals surface area contributed by atoms with Crippen molar-refractivity contribution < 1.29 is 10.1 Å². The Bertz CT molecular complexity index is 617. The average Bonchev–Trinajstić information content (AvgIpc) is 2.56. The number of hydrogen-bond acceptors (Lipinski definition) is 5. The Labute approximate surface area is 135 Å². The molecule has 23 heavy (non-hydrogen) atoms. The van der Waals surface area contributed by atoms with Crippen molar-refractivity contribution >= 4 is 5.69 Å². The number of nitrogens with one attached hydrogen (secondary N) is 1. The van der Waals surface area contributed by atoms with E-state index in [1.165, 1.54) is 17.2 Å². The fourth-order valence-electron chi connectivity index (χ4n) is 2.19. The Morgan fingerprint density at radius 3 is 2.39 bits per heavy atom. The normalized spacial score (nSPS) is 12.3. The fraction of sp³-hybridized carbons (Fsp3) is 0.294. The minimum Gasteiger partial charge on any atom is -0.313 e. The maximum atomic E-state index is 10.6. The van der Waals surface area contributed by atoms with Crippen molar-refractivity contribution in [3.05, 3.63) is 75.8 Å². The second-order valence-electron chi connectivity index (χ2n) is 5.49. The highest BCUT2D eigenvalue weighted by Gasteiger charge is 2.11. The molecule has 0 amide bonds. The van der Waals surface area contributed by atoms with Gasteiger partial charge in [0.1, 0.15) is 0 Å². The predicted octanol–water partition coefficient (Wildman–Crippen LogP) is 2.96. The van der Waals surface area contributed by atoms with E-state index >= 15 is 0 Å². The lowest BCUT2D eigenvalue weighted by atomic mass is 10.2. The summed E-state index contributed by atoms with van der Waals surface area (Å²) in [6.45, 7) is 3.62. The summed E-state index contributed by atoms with van der Waals surface area (Å²) in [5.74, 6) is 0. The Morgan fingerprint density at radius 1 is 1.13 bits per heavy atom. The van der Waals surface area contributed by atoms with Gasteiger partial charge in [-0.2, -0.15) is 5.06 Å². The molecule has 0 aliphatic heterocycles. The molecule has 2 aromatic carbocycles. The molecule has 0 heterocycles. The van der Waals surface area contributed by atoms with E-state index in [2.05, 4.69) is 5.32 Å². The molecule has 0 aliphatic rings. The SMILES string of the molecule is CC(CNCc1ccc([N+](=O)[O-])cc1)N(O)Cc1ccccc1. The van der Waals surface area contributed by atoms with Gasteiger partial charge in [-0.25, -0.2) is 0 Å². The van der Waals surface area contributed by atoms with Gasteiger partial charge in [-0.1, -0.05) is 42.5 Å². The zero-order chi connectivity index (χ0) is 16.7. The van der Waals surface area contributed by atoms with E-state index in [4.69, 9.17) is 0 Å². The van der Waals surface area contributed by atoms with Crippen LogP contribution in [-0.2, 0) is 13.1 Å². The molecule has 122 valence electrons. The van der Waals surface area contributed by atoms with Gasteiger partial charge in [0, 0.05) is 37.8 Å². The highest BCUT2D eigenvalue weighted by atomic mass is 16.6. The summed E-state index contributed by atoms with van der Waals surface area (Å²) < 4.78 is 0. The van der Waals surface area contributed by atoms with Gasteiger partial charge in [0.05, 0.1) is 4.92 Å². The number of nitro groups is 1. The van der Waals surface area contributed by atoms with E-state index in [9.17, 15) is 15.3 Å². The summed E-state index contributed by atoms with van der Waals surface area (Å²) in [5, 5.41) is 25.2. The van der Waals surface area contributed by atoms with Crippen LogP contribution in [0.2, 0.25) is 0 Å². The number of hydrogen-bond donors (Lipinski definition) is 2. The van der Waals surface area contributed by atoms with Crippen molar-refractivity contribution in [3.63, 3.8) is 0 Å². The third-order valence-electron chi connectivity index (χ3n) is 3.61.